The fourth-order valence-electron chi connectivity index (χ4n) is 0.204. The van der Waals surface area contributed by atoms with Crippen molar-refractivity contribution in [1.29, 1.82) is 0 Å². The van der Waals surface area contributed by atoms with Gasteiger partial charge in [-0.05, 0) is 0 Å². The number of rotatable bonds is 2. The molecule has 0 N–H and O–H groups in total. The van der Waals surface area contributed by atoms with E-state index in [1.165, 1.54) is 11.7 Å². The van der Waals surface area contributed by atoms with E-state index in [0.29, 0.717) is 0 Å². The van der Waals surface area contributed by atoms with Gasteiger partial charge in [0.1, 0.15) is 0 Å². The zero-order valence-corrected chi connectivity index (χ0v) is 5.54. The van der Waals surface area contributed by atoms with Crippen LogP contribution in [0.25, 0.3) is 0 Å². The van der Waals surface area contributed by atoms with Crippen molar-refractivity contribution in [3.8, 4) is 0 Å². The third-order valence-electron chi connectivity index (χ3n) is 0.408. The van der Waals surface area contributed by atoms with Crippen molar-refractivity contribution in [3.63, 3.8) is 0 Å². The topological polar surface area (TPSA) is 0 Å². The van der Waals surface area contributed by atoms with E-state index in [1.807, 2.05) is 0 Å². The Morgan fingerprint density at radius 2 is 2.20 bits per heavy atom. The quantitative estimate of drug-likeness (QED) is 0.507. The first-order chi connectivity index (χ1) is 2.41. The molecule has 0 aliphatic heterocycles. The van der Waals surface area contributed by atoms with Crippen LogP contribution >= 0.6 is 0 Å². The summed E-state index contributed by atoms with van der Waals surface area (Å²) in [6, 6.07) is 0. The van der Waals surface area contributed by atoms with Gasteiger partial charge < -0.3 is 0 Å². The van der Waals surface area contributed by atoms with Crippen LogP contribution in [0.1, 0.15) is 13.3 Å². The van der Waals surface area contributed by atoms with Crippen molar-refractivity contribution >= 4 is 15.0 Å². The second-order valence-corrected chi connectivity index (χ2v) is 3.06. The van der Waals surface area contributed by atoms with Gasteiger partial charge in [0.2, 0.25) is 0 Å². The zero-order valence-electron chi connectivity index (χ0n) is 3.82. The molecule has 0 radical (unpaired) electrons. The van der Waals surface area contributed by atoms with Crippen LogP contribution in [0.3, 0.4) is 0 Å². The Morgan fingerprint density at radius 3 is 2.20 bits per heavy atom. The Balaban J connectivity index is 2.19. The molecular formula is C4H10Se. The molecule has 0 aliphatic rings. The van der Waals surface area contributed by atoms with E-state index in [1.54, 1.807) is 0 Å². The van der Waals surface area contributed by atoms with Gasteiger partial charge in [0.05, 0.1) is 0 Å². The van der Waals surface area contributed by atoms with Gasteiger partial charge in [0.15, 0.2) is 0 Å². The first kappa shape index (κ1) is 5.52. The first-order valence-electron chi connectivity index (χ1n) is 1.90. The minimum atomic E-state index is 0.925. The second-order valence-electron chi connectivity index (χ2n) is 0.993. The summed E-state index contributed by atoms with van der Waals surface area (Å²) < 4.78 is 0. The summed E-state index contributed by atoms with van der Waals surface area (Å²) in [5.41, 5.74) is 0. The predicted octanol–water partition coefficient (Wildman–Crippen LogP) is 1.57. The van der Waals surface area contributed by atoms with Crippen LogP contribution in [0.15, 0.2) is 0 Å². The van der Waals surface area contributed by atoms with Gasteiger partial charge in [-0.15, -0.1) is 0 Å². The Kier molecular flexibility index (Phi) is 4.99. The zero-order chi connectivity index (χ0) is 4.12. The fraction of sp³-hybridized carbons (Fsp3) is 1.00. The summed E-state index contributed by atoms with van der Waals surface area (Å²) in [5.74, 6) is 2.27. The molecule has 0 aromatic heterocycles. The van der Waals surface area contributed by atoms with Crippen LogP contribution in [0.5, 0.6) is 0 Å². The third-order valence-corrected chi connectivity index (χ3v) is 2.12. The average molecular weight is 137 g/mol. The van der Waals surface area contributed by atoms with E-state index in [4.69, 9.17) is 0 Å². The van der Waals surface area contributed by atoms with Crippen molar-refractivity contribution < 1.29 is 0 Å². The van der Waals surface area contributed by atoms with Gasteiger partial charge in [0.25, 0.3) is 0 Å². The summed E-state index contributed by atoms with van der Waals surface area (Å²) in [5, 5.41) is 1.45. The summed E-state index contributed by atoms with van der Waals surface area (Å²) >= 11 is 0.925. The summed E-state index contributed by atoms with van der Waals surface area (Å²) in [4.78, 5) is 0. The van der Waals surface area contributed by atoms with Crippen molar-refractivity contribution in [2.24, 2.45) is 0 Å². The molecule has 0 amide bonds. The standard InChI is InChI=1S/C4H10Se/c1-3-4-5-2/h3-4H2,1-2H3. The molecule has 5 heavy (non-hydrogen) atoms. The Morgan fingerprint density at radius 1 is 1.60 bits per heavy atom. The van der Waals surface area contributed by atoms with Gasteiger partial charge in [-0.25, -0.2) is 0 Å². The molecule has 0 unspecified atom stereocenters. The summed E-state index contributed by atoms with van der Waals surface area (Å²) in [6.07, 6.45) is 1.37. The van der Waals surface area contributed by atoms with Crippen LogP contribution in [0.2, 0.25) is 11.1 Å². The molecule has 0 rings (SSSR count). The number of hydrogen-bond acceptors (Lipinski definition) is 0. The second kappa shape index (κ2) is 4.52. The van der Waals surface area contributed by atoms with E-state index in [9.17, 15) is 0 Å². The van der Waals surface area contributed by atoms with Crippen LogP contribution in [-0.2, 0) is 0 Å². The molecular weight excluding hydrogens is 127 g/mol. The molecule has 1 heteroatoms. The number of hydrogen-bond donors (Lipinski definition) is 0. The third kappa shape index (κ3) is 4.52. The first-order valence-corrected chi connectivity index (χ1v) is 4.83. The SMILES string of the molecule is CCC[Se]C. The summed E-state index contributed by atoms with van der Waals surface area (Å²) in [6.45, 7) is 2.23. The minimum absolute atomic E-state index is 0.925. The van der Waals surface area contributed by atoms with Gasteiger partial charge in [0, 0.05) is 0 Å². The molecule has 0 aromatic carbocycles. The van der Waals surface area contributed by atoms with Gasteiger partial charge in [-0.3, -0.25) is 0 Å². The van der Waals surface area contributed by atoms with E-state index in [2.05, 4.69) is 12.7 Å². The molecule has 0 saturated heterocycles. The summed E-state index contributed by atoms with van der Waals surface area (Å²) in [7, 11) is 0. The normalized spacial score (nSPS) is 8.40. The van der Waals surface area contributed by atoms with E-state index < -0.39 is 0 Å². The molecule has 0 nitrogen and oxygen atoms in total. The Bertz CT molecular complexity index is 11.1. The van der Waals surface area contributed by atoms with Gasteiger partial charge in [-0.2, -0.15) is 0 Å². The molecule has 0 saturated carbocycles. The molecule has 0 aliphatic carbocycles. The molecule has 0 aromatic rings. The molecule has 0 spiro atoms. The molecule has 32 valence electrons. The maximum absolute atomic E-state index is 2.27. The van der Waals surface area contributed by atoms with Crippen LogP contribution in [0.4, 0.5) is 0 Å². The molecule has 0 atom stereocenters. The van der Waals surface area contributed by atoms with E-state index in [-0.39, 0.29) is 0 Å². The van der Waals surface area contributed by atoms with Crippen molar-refractivity contribution in [3.05, 3.63) is 0 Å². The van der Waals surface area contributed by atoms with Crippen LogP contribution in [0, 0.1) is 0 Å². The van der Waals surface area contributed by atoms with Crippen molar-refractivity contribution in [2.75, 3.05) is 0 Å². The van der Waals surface area contributed by atoms with Crippen molar-refractivity contribution in [1.82, 2.24) is 0 Å². The van der Waals surface area contributed by atoms with Gasteiger partial charge in [-0.1, -0.05) is 0 Å². The Labute approximate surface area is 40.1 Å². The fourth-order valence-corrected chi connectivity index (χ4v) is 1.06. The van der Waals surface area contributed by atoms with Crippen molar-refractivity contribution in [2.45, 2.75) is 24.5 Å². The van der Waals surface area contributed by atoms with E-state index >= 15 is 0 Å². The van der Waals surface area contributed by atoms with E-state index in [0.717, 1.165) is 15.0 Å². The maximum atomic E-state index is 2.27. The molecule has 0 bridgehead atoms. The average Bonchev–Trinajstić information content (AvgIpc) is 1.41. The van der Waals surface area contributed by atoms with Gasteiger partial charge >= 0.3 is 39.4 Å². The Hall–Kier alpha value is 0.519. The molecule has 0 heterocycles. The predicted molar refractivity (Wildman–Crippen MR) is 26.7 cm³/mol. The van der Waals surface area contributed by atoms with Crippen LogP contribution in [-0.4, -0.2) is 15.0 Å². The monoisotopic (exact) mass is 138 g/mol. The molecule has 0 fully saturated rings. The van der Waals surface area contributed by atoms with Crippen LogP contribution < -0.4 is 0 Å².